The molecular formula is C26H22N8. The second-order valence-corrected chi connectivity index (χ2v) is 8.53. The van der Waals surface area contributed by atoms with Gasteiger partial charge in [-0.3, -0.25) is 20.1 Å². The van der Waals surface area contributed by atoms with E-state index in [1.165, 1.54) is 5.56 Å². The molecule has 34 heavy (non-hydrogen) atoms. The quantitative estimate of drug-likeness (QED) is 0.399. The van der Waals surface area contributed by atoms with Crippen molar-refractivity contribution in [2.24, 2.45) is 0 Å². The van der Waals surface area contributed by atoms with E-state index in [9.17, 15) is 0 Å². The number of nitrogens with zero attached hydrogens (tertiary/aromatic N) is 6. The number of pyridine rings is 3. The standard InChI is InChI=1S/C26H22N8/c1-34(2)15-16-11-19(14-28-13-16)18-3-4-21-20(12-18)24(33-32-21)26-30-22-7-10-29-23(25(22)31-26)17-5-8-27-9-6-17/h3-14H,15H2,1-2H3,(H,30,31)(H,32,33). The zero-order valence-corrected chi connectivity index (χ0v) is 18.8. The van der Waals surface area contributed by atoms with Gasteiger partial charge in [0.2, 0.25) is 0 Å². The predicted octanol–water partition coefficient (Wildman–Crippen LogP) is 4.69. The summed E-state index contributed by atoms with van der Waals surface area (Å²) in [5.41, 5.74) is 8.53. The summed E-state index contributed by atoms with van der Waals surface area (Å²) in [6.45, 7) is 0.840. The minimum Gasteiger partial charge on any atom is -0.336 e. The largest absolute Gasteiger partial charge is 0.336 e. The van der Waals surface area contributed by atoms with Gasteiger partial charge in [0.05, 0.1) is 16.7 Å². The van der Waals surface area contributed by atoms with Crippen LogP contribution in [0.5, 0.6) is 0 Å². The molecule has 166 valence electrons. The third-order valence-corrected chi connectivity index (χ3v) is 5.77. The van der Waals surface area contributed by atoms with Gasteiger partial charge in [0.15, 0.2) is 5.82 Å². The van der Waals surface area contributed by atoms with Crippen molar-refractivity contribution in [1.82, 2.24) is 40.0 Å². The number of nitrogens with one attached hydrogen (secondary N) is 2. The van der Waals surface area contributed by atoms with Crippen LogP contribution in [-0.4, -0.2) is 54.1 Å². The monoisotopic (exact) mass is 446 g/mol. The summed E-state index contributed by atoms with van der Waals surface area (Å²) in [7, 11) is 4.11. The number of hydrogen-bond donors (Lipinski definition) is 2. The molecule has 0 amide bonds. The van der Waals surface area contributed by atoms with E-state index < -0.39 is 0 Å². The van der Waals surface area contributed by atoms with Crippen molar-refractivity contribution >= 4 is 21.9 Å². The molecule has 6 aromatic rings. The van der Waals surface area contributed by atoms with Gasteiger partial charge in [0, 0.05) is 54.0 Å². The van der Waals surface area contributed by atoms with Crippen molar-refractivity contribution in [3.63, 3.8) is 0 Å². The molecule has 0 saturated carbocycles. The van der Waals surface area contributed by atoms with Gasteiger partial charge in [0.25, 0.3) is 0 Å². The summed E-state index contributed by atoms with van der Waals surface area (Å²) in [4.78, 5) is 23.6. The maximum absolute atomic E-state index is 4.89. The first-order valence-corrected chi connectivity index (χ1v) is 11.0. The van der Waals surface area contributed by atoms with Crippen LogP contribution in [0, 0.1) is 0 Å². The van der Waals surface area contributed by atoms with Crippen LogP contribution in [0.1, 0.15) is 5.56 Å². The number of aromatic nitrogens is 7. The summed E-state index contributed by atoms with van der Waals surface area (Å²) >= 11 is 0. The maximum Gasteiger partial charge on any atom is 0.159 e. The lowest BCUT2D eigenvalue weighted by Gasteiger charge is -2.10. The normalized spacial score (nSPS) is 11.6. The SMILES string of the molecule is CN(C)Cc1cncc(-c2ccc3[nH]nc(-c4nc5c(-c6ccncc6)nccc5[nH]4)c3c2)c1. The minimum absolute atomic E-state index is 0.696. The summed E-state index contributed by atoms with van der Waals surface area (Å²) in [5.74, 6) is 0.696. The second kappa shape index (κ2) is 8.17. The molecule has 0 bridgehead atoms. The molecule has 2 N–H and O–H groups in total. The molecule has 0 radical (unpaired) electrons. The fourth-order valence-electron chi connectivity index (χ4n) is 4.24. The van der Waals surface area contributed by atoms with Crippen LogP contribution in [0.3, 0.4) is 0 Å². The topological polar surface area (TPSA) is 99.3 Å². The molecule has 0 fully saturated rings. The molecule has 0 unspecified atom stereocenters. The highest BCUT2D eigenvalue weighted by Crippen LogP contribution is 2.32. The van der Waals surface area contributed by atoms with Gasteiger partial charge in [-0.2, -0.15) is 5.10 Å². The van der Waals surface area contributed by atoms with E-state index in [2.05, 4.69) is 67.3 Å². The average Bonchev–Trinajstić information content (AvgIpc) is 3.48. The van der Waals surface area contributed by atoms with E-state index in [0.29, 0.717) is 5.82 Å². The molecule has 0 saturated heterocycles. The molecular weight excluding hydrogens is 424 g/mol. The van der Waals surface area contributed by atoms with E-state index >= 15 is 0 Å². The van der Waals surface area contributed by atoms with Crippen LogP contribution in [0.25, 0.3) is 55.8 Å². The Morgan fingerprint density at radius 1 is 0.794 bits per heavy atom. The van der Waals surface area contributed by atoms with Gasteiger partial charge in [-0.05, 0) is 61.6 Å². The van der Waals surface area contributed by atoms with Crippen molar-refractivity contribution in [2.45, 2.75) is 6.54 Å². The van der Waals surface area contributed by atoms with Crippen LogP contribution in [-0.2, 0) is 6.54 Å². The first-order valence-electron chi connectivity index (χ1n) is 11.0. The number of hydrogen-bond acceptors (Lipinski definition) is 6. The highest BCUT2D eigenvalue weighted by Gasteiger charge is 2.16. The Morgan fingerprint density at radius 3 is 2.53 bits per heavy atom. The Morgan fingerprint density at radius 2 is 1.68 bits per heavy atom. The molecule has 6 rings (SSSR count). The Labute approximate surface area is 195 Å². The summed E-state index contributed by atoms with van der Waals surface area (Å²) in [6, 6.07) is 14.3. The van der Waals surface area contributed by atoms with E-state index in [1.54, 1.807) is 18.6 Å². The molecule has 0 aliphatic heterocycles. The summed E-state index contributed by atoms with van der Waals surface area (Å²) in [5, 5.41) is 8.71. The Balaban J connectivity index is 1.45. The van der Waals surface area contributed by atoms with E-state index in [-0.39, 0.29) is 0 Å². The van der Waals surface area contributed by atoms with E-state index in [0.717, 1.165) is 56.6 Å². The highest BCUT2D eigenvalue weighted by molar-refractivity contribution is 5.97. The number of aromatic amines is 2. The number of H-pyrrole nitrogens is 2. The number of imidazole rings is 1. The fraction of sp³-hybridized carbons (Fsp3) is 0.115. The van der Waals surface area contributed by atoms with Crippen molar-refractivity contribution in [1.29, 1.82) is 0 Å². The van der Waals surface area contributed by atoms with Gasteiger partial charge in [-0.1, -0.05) is 6.07 Å². The smallest absolute Gasteiger partial charge is 0.159 e. The zero-order chi connectivity index (χ0) is 23.1. The van der Waals surface area contributed by atoms with Crippen LogP contribution >= 0.6 is 0 Å². The second-order valence-electron chi connectivity index (χ2n) is 8.53. The van der Waals surface area contributed by atoms with Gasteiger partial charge >= 0.3 is 0 Å². The van der Waals surface area contributed by atoms with E-state index in [1.807, 2.05) is 36.7 Å². The zero-order valence-electron chi connectivity index (χ0n) is 18.8. The molecule has 0 atom stereocenters. The highest BCUT2D eigenvalue weighted by atomic mass is 15.1. The van der Waals surface area contributed by atoms with Gasteiger partial charge in [-0.15, -0.1) is 0 Å². The molecule has 0 aliphatic rings. The third kappa shape index (κ3) is 3.60. The molecule has 0 spiro atoms. The van der Waals surface area contributed by atoms with Crippen molar-refractivity contribution < 1.29 is 0 Å². The molecule has 8 heteroatoms. The Hall–Kier alpha value is -4.43. The lowest BCUT2D eigenvalue weighted by Crippen LogP contribution is -2.10. The number of fused-ring (bicyclic) bond motifs is 2. The molecule has 0 aliphatic carbocycles. The Bertz CT molecular complexity index is 1610. The Kier molecular flexibility index (Phi) is 4.85. The predicted molar refractivity (Wildman–Crippen MR) is 133 cm³/mol. The van der Waals surface area contributed by atoms with Crippen LogP contribution in [0.15, 0.2) is 73.4 Å². The lowest BCUT2D eigenvalue weighted by molar-refractivity contribution is 0.402. The first-order chi connectivity index (χ1) is 16.7. The summed E-state index contributed by atoms with van der Waals surface area (Å²) in [6.07, 6.45) is 9.11. The maximum atomic E-state index is 4.89. The van der Waals surface area contributed by atoms with Gasteiger partial charge in [-0.25, -0.2) is 4.98 Å². The molecule has 1 aromatic carbocycles. The van der Waals surface area contributed by atoms with E-state index in [4.69, 9.17) is 4.98 Å². The van der Waals surface area contributed by atoms with Crippen molar-refractivity contribution in [3.8, 4) is 33.9 Å². The fourth-order valence-corrected chi connectivity index (χ4v) is 4.24. The molecule has 8 nitrogen and oxygen atoms in total. The van der Waals surface area contributed by atoms with Crippen LogP contribution in [0.4, 0.5) is 0 Å². The van der Waals surface area contributed by atoms with Crippen molar-refractivity contribution in [3.05, 3.63) is 79.0 Å². The number of rotatable bonds is 5. The molecule has 5 heterocycles. The first kappa shape index (κ1) is 20.2. The van der Waals surface area contributed by atoms with Crippen LogP contribution in [0.2, 0.25) is 0 Å². The van der Waals surface area contributed by atoms with Crippen molar-refractivity contribution in [2.75, 3.05) is 14.1 Å². The minimum atomic E-state index is 0.696. The number of benzene rings is 1. The lowest BCUT2D eigenvalue weighted by atomic mass is 10.0. The van der Waals surface area contributed by atoms with Crippen LogP contribution < -0.4 is 0 Å². The summed E-state index contributed by atoms with van der Waals surface area (Å²) < 4.78 is 0. The van der Waals surface area contributed by atoms with Gasteiger partial charge in [0.1, 0.15) is 11.2 Å². The average molecular weight is 447 g/mol. The van der Waals surface area contributed by atoms with Gasteiger partial charge < -0.3 is 9.88 Å². The third-order valence-electron chi connectivity index (χ3n) is 5.77. The molecule has 5 aromatic heterocycles.